The molecule has 4 rings (SSSR count). The van der Waals surface area contributed by atoms with Gasteiger partial charge in [-0.1, -0.05) is 23.2 Å². The molecule has 14 heteroatoms. The van der Waals surface area contributed by atoms with Crippen molar-refractivity contribution in [1.29, 1.82) is 0 Å². The summed E-state index contributed by atoms with van der Waals surface area (Å²) in [6.45, 7) is 1.87. The van der Waals surface area contributed by atoms with Crippen LogP contribution in [0.2, 0.25) is 10.0 Å². The lowest BCUT2D eigenvalue weighted by molar-refractivity contribution is -0.384. The number of aromatic amines is 1. The number of anilines is 4. The second kappa shape index (κ2) is 10.2. The highest BCUT2D eigenvalue weighted by atomic mass is 35.5. The van der Waals surface area contributed by atoms with Gasteiger partial charge in [-0.2, -0.15) is 4.98 Å². The largest absolute Gasteiger partial charge is 0.491 e. The van der Waals surface area contributed by atoms with Crippen molar-refractivity contribution in [3.8, 4) is 5.75 Å². The molecule has 2 amide bonds. The van der Waals surface area contributed by atoms with Crippen LogP contribution < -0.4 is 26.2 Å². The maximum absolute atomic E-state index is 13.1. The summed E-state index contributed by atoms with van der Waals surface area (Å²) in [4.78, 5) is 55.7. The molecule has 1 aliphatic heterocycles. The van der Waals surface area contributed by atoms with Crippen molar-refractivity contribution in [2.45, 2.75) is 19.3 Å². The van der Waals surface area contributed by atoms with Crippen molar-refractivity contribution in [3.63, 3.8) is 0 Å². The molecule has 0 spiro atoms. The van der Waals surface area contributed by atoms with Gasteiger partial charge in [0.1, 0.15) is 11.6 Å². The van der Waals surface area contributed by atoms with Crippen molar-refractivity contribution in [3.05, 3.63) is 72.5 Å². The van der Waals surface area contributed by atoms with Crippen LogP contribution in [0.1, 0.15) is 24.8 Å². The monoisotopic (exact) mass is 532 g/mol. The Morgan fingerprint density at radius 3 is 2.67 bits per heavy atom. The minimum atomic E-state index is -1.18. The van der Waals surface area contributed by atoms with E-state index < -0.39 is 28.2 Å². The number of nitrogens with one attached hydrogen (secondary N) is 4. The van der Waals surface area contributed by atoms with Crippen LogP contribution in [0, 0.1) is 10.1 Å². The van der Waals surface area contributed by atoms with Crippen LogP contribution in [-0.2, 0) is 9.59 Å². The number of nitro groups is 1. The molecule has 2 aromatic carbocycles. The van der Waals surface area contributed by atoms with Gasteiger partial charge in [-0.3, -0.25) is 29.5 Å². The summed E-state index contributed by atoms with van der Waals surface area (Å²) in [7, 11) is 0. The fourth-order valence-electron chi connectivity index (χ4n) is 3.60. The van der Waals surface area contributed by atoms with Crippen LogP contribution in [0.25, 0.3) is 0 Å². The Bertz CT molecular complexity index is 1440. The molecule has 4 N–H and O–H groups in total. The number of ether oxygens (including phenoxy) is 1. The molecule has 0 saturated carbocycles. The Hall–Kier alpha value is -4.16. The number of amides is 2. The minimum absolute atomic E-state index is 0.0154. The number of benzene rings is 2. The smallest absolute Gasteiger partial charge is 0.273 e. The molecule has 0 bridgehead atoms. The van der Waals surface area contributed by atoms with Gasteiger partial charge in [0.25, 0.3) is 11.2 Å². The van der Waals surface area contributed by atoms with Gasteiger partial charge in [0.15, 0.2) is 0 Å². The molecule has 12 nitrogen and oxygen atoms in total. The molecule has 0 radical (unpaired) electrons. The van der Waals surface area contributed by atoms with E-state index in [1.165, 1.54) is 24.3 Å². The summed E-state index contributed by atoms with van der Waals surface area (Å²) in [5.74, 6) is -2.41. The number of carbonyl (C=O) groups excluding carboxylic acids is 2. The molecule has 3 aromatic rings. The van der Waals surface area contributed by atoms with Gasteiger partial charge in [-0.05, 0) is 31.2 Å². The average molecular weight is 533 g/mol. The van der Waals surface area contributed by atoms with Crippen molar-refractivity contribution < 1.29 is 19.2 Å². The molecule has 0 saturated heterocycles. The molecular formula is C22H18Cl2N6O6. The van der Waals surface area contributed by atoms with Gasteiger partial charge in [0, 0.05) is 17.5 Å². The van der Waals surface area contributed by atoms with E-state index in [0.29, 0.717) is 10.7 Å². The zero-order valence-electron chi connectivity index (χ0n) is 18.6. The van der Waals surface area contributed by atoms with E-state index in [1.807, 2.05) is 0 Å². The molecule has 1 atom stereocenters. The summed E-state index contributed by atoms with van der Waals surface area (Å²) >= 11 is 12.1. The van der Waals surface area contributed by atoms with Crippen LogP contribution in [0.5, 0.6) is 5.75 Å². The Morgan fingerprint density at radius 2 is 1.97 bits per heavy atom. The highest BCUT2D eigenvalue weighted by Gasteiger charge is 2.35. The van der Waals surface area contributed by atoms with E-state index in [1.54, 1.807) is 19.1 Å². The highest BCUT2D eigenvalue weighted by Crippen LogP contribution is 2.34. The lowest BCUT2D eigenvalue weighted by atomic mass is 9.92. The van der Waals surface area contributed by atoms with Crippen LogP contribution in [0.3, 0.4) is 0 Å². The van der Waals surface area contributed by atoms with Crippen LogP contribution in [-0.4, -0.2) is 33.3 Å². The number of aromatic nitrogens is 2. The molecule has 0 unspecified atom stereocenters. The number of hydrogen-bond acceptors (Lipinski definition) is 8. The first-order valence-corrected chi connectivity index (χ1v) is 11.3. The van der Waals surface area contributed by atoms with Gasteiger partial charge < -0.3 is 20.7 Å². The number of non-ortho nitro benzene ring substituents is 1. The fourth-order valence-corrected chi connectivity index (χ4v) is 4.05. The van der Waals surface area contributed by atoms with Gasteiger partial charge in [0.05, 0.1) is 45.5 Å². The number of nitrogens with zero attached hydrogens (tertiary/aromatic N) is 2. The first-order chi connectivity index (χ1) is 17.2. The highest BCUT2D eigenvalue weighted by molar-refractivity contribution is 6.36. The third-order valence-electron chi connectivity index (χ3n) is 5.19. The summed E-state index contributed by atoms with van der Waals surface area (Å²) < 4.78 is 5.41. The van der Waals surface area contributed by atoms with E-state index in [-0.39, 0.29) is 52.5 Å². The minimum Gasteiger partial charge on any atom is -0.491 e. The Kier molecular flexibility index (Phi) is 7.08. The maximum Gasteiger partial charge on any atom is 0.273 e. The van der Waals surface area contributed by atoms with E-state index >= 15 is 0 Å². The van der Waals surface area contributed by atoms with Gasteiger partial charge in [0.2, 0.25) is 17.8 Å². The Balaban J connectivity index is 1.64. The van der Waals surface area contributed by atoms with Crippen molar-refractivity contribution in [1.82, 2.24) is 9.97 Å². The lowest BCUT2D eigenvalue weighted by Crippen LogP contribution is -2.36. The number of nitro benzene ring substituents is 1. The number of fused-ring (bicyclic) bond motifs is 1. The summed E-state index contributed by atoms with van der Waals surface area (Å²) in [6.07, 6.45) is -0.309. The van der Waals surface area contributed by atoms with E-state index in [9.17, 15) is 24.5 Å². The number of rotatable bonds is 7. The third kappa shape index (κ3) is 5.24. The standard InChI is InChI=1S/C22H18Cl2N6O6/c1-2-36-16-8-11(30(34)35)4-6-15(16)25-20(32)12-9-17(31)27-19-18(12)21(33)29-22(28-19)26-14-5-3-10(23)7-13(14)24/h3-8,12H,2,9H2,1H3,(H,25,32)(H3,26,27,28,29,31,33)/t12-/m0/s1. The molecule has 0 aliphatic carbocycles. The molecule has 0 fully saturated rings. The molecule has 36 heavy (non-hydrogen) atoms. The van der Waals surface area contributed by atoms with Crippen molar-refractivity contribution >= 4 is 63.8 Å². The summed E-state index contributed by atoms with van der Waals surface area (Å²) in [5.41, 5.74) is -0.358. The normalized spacial score (nSPS) is 14.4. The zero-order valence-corrected chi connectivity index (χ0v) is 20.1. The molecule has 2 heterocycles. The average Bonchev–Trinajstić information content (AvgIpc) is 2.81. The molecule has 1 aromatic heterocycles. The Labute approximate surface area is 213 Å². The first kappa shape index (κ1) is 24.9. The Morgan fingerprint density at radius 1 is 1.22 bits per heavy atom. The quantitative estimate of drug-likeness (QED) is 0.259. The second-order valence-corrected chi connectivity index (χ2v) is 8.43. The van der Waals surface area contributed by atoms with Crippen LogP contribution in [0.4, 0.5) is 28.8 Å². The van der Waals surface area contributed by atoms with E-state index in [0.717, 1.165) is 0 Å². The van der Waals surface area contributed by atoms with Crippen molar-refractivity contribution in [2.24, 2.45) is 0 Å². The molecular weight excluding hydrogens is 515 g/mol. The van der Waals surface area contributed by atoms with Gasteiger partial charge >= 0.3 is 0 Å². The fraction of sp³-hybridized carbons (Fsp3) is 0.182. The number of H-pyrrole nitrogens is 1. The molecule has 1 aliphatic rings. The van der Waals surface area contributed by atoms with E-state index in [2.05, 4.69) is 25.9 Å². The first-order valence-electron chi connectivity index (χ1n) is 10.5. The van der Waals surface area contributed by atoms with E-state index in [4.69, 9.17) is 27.9 Å². The maximum atomic E-state index is 13.1. The number of carbonyl (C=O) groups is 2. The molecule has 186 valence electrons. The predicted molar refractivity (Wildman–Crippen MR) is 133 cm³/mol. The SMILES string of the molecule is CCOc1cc([N+](=O)[O-])ccc1NC(=O)[C@H]1CC(=O)Nc2nc(Nc3ccc(Cl)cc3Cl)[nH]c(=O)c21. The third-order valence-corrected chi connectivity index (χ3v) is 5.73. The van der Waals surface area contributed by atoms with Crippen molar-refractivity contribution in [2.75, 3.05) is 22.6 Å². The van der Waals surface area contributed by atoms with Crippen LogP contribution >= 0.6 is 23.2 Å². The zero-order chi connectivity index (χ0) is 26.0. The van der Waals surface area contributed by atoms with Gasteiger partial charge in [-0.25, -0.2) is 0 Å². The number of hydrogen-bond donors (Lipinski definition) is 4. The number of halogens is 2. The summed E-state index contributed by atoms with van der Waals surface area (Å²) in [6, 6.07) is 8.36. The predicted octanol–water partition coefficient (Wildman–Crippen LogP) is 4.19. The summed E-state index contributed by atoms with van der Waals surface area (Å²) in [5, 5.41) is 19.7. The van der Waals surface area contributed by atoms with Crippen LogP contribution in [0.15, 0.2) is 41.2 Å². The lowest BCUT2D eigenvalue weighted by Gasteiger charge is -2.24. The topological polar surface area (TPSA) is 168 Å². The van der Waals surface area contributed by atoms with Gasteiger partial charge in [-0.15, -0.1) is 0 Å². The second-order valence-electron chi connectivity index (χ2n) is 7.59.